The molecule has 0 saturated heterocycles. The van der Waals surface area contributed by atoms with Crippen LogP contribution in [0.3, 0.4) is 0 Å². The summed E-state index contributed by atoms with van der Waals surface area (Å²) in [4.78, 5) is 4.30. The van der Waals surface area contributed by atoms with E-state index in [-0.39, 0.29) is 5.82 Å². The van der Waals surface area contributed by atoms with Crippen molar-refractivity contribution >= 4 is 0 Å². The Morgan fingerprint density at radius 3 is 3.00 bits per heavy atom. The van der Waals surface area contributed by atoms with Crippen molar-refractivity contribution in [1.29, 1.82) is 5.26 Å². The number of nitrogens with zero attached hydrogens (tertiary/aromatic N) is 3. The minimum atomic E-state index is -0.351. The van der Waals surface area contributed by atoms with Gasteiger partial charge in [-0.3, -0.25) is 0 Å². The van der Waals surface area contributed by atoms with E-state index >= 15 is 0 Å². The number of aromatic nitrogens is 2. The Morgan fingerprint density at radius 2 is 2.30 bits per heavy atom. The molecule has 1 aromatic heterocycles. The van der Waals surface area contributed by atoms with Crippen LogP contribution in [0.25, 0.3) is 0 Å². The Labute approximate surface area is 116 Å². The first-order valence-corrected chi connectivity index (χ1v) is 6.67. The highest BCUT2D eigenvalue weighted by Gasteiger charge is 2.20. The maximum absolute atomic E-state index is 13.8. The average molecular weight is 270 g/mol. The average Bonchev–Trinajstić information content (AvgIpc) is 3.18. The van der Waals surface area contributed by atoms with Gasteiger partial charge < -0.3 is 9.88 Å². The van der Waals surface area contributed by atoms with Crippen molar-refractivity contribution in [1.82, 2.24) is 14.9 Å². The van der Waals surface area contributed by atoms with Crippen molar-refractivity contribution in [2.45, 2.75) is 32.0 Å². The summed E-state index contributed by atoms with van der Waals surface area (Å²) in [6, 6.07) is 7.12. The molecule has 3 rings (SSSR count). The zero-order valence-electron chi connectivity index (χ0n) is 11.0. The first-order chi connectivity index (χ1) is 9.74. The summed E-state index contributed by atoms with van der Waals surface area (Å²) in [6.45, 7) is 1.18. The lowest BCUT2D eigenvalue weighted by Crippen LogP contribution is -2.15. The number of rotatable bonds is 5. The molecule has 1 heterocycles. The molecule has 1 aliphatic rings. The molecule has 5 heteroatoms. The van der Waals surface area contributed by atoms with Gasteiger partial charge in [-0.05, 0) is 25.0 Å². The Kier molecular flexibility index (Phi) is 3.48. The van der Waals surface area contributed by atoms with Gasteiger partial charge in [0.25, 0.3) is 0 Å². The number of benzene rings is 1. The lowest BCUT2D eigenvalue weighted by Gasteiger charge is -2.04. The Morgan fingerprint density at radius 1 is 1.45 bits per heavy atom. The molecule has 1 aromatic carbocycles. The fourth-order valence-corrected chi connectivity index (χ4v) is 2.06. The molecule has 102 valence electrons. The van der Waals surface area contributed by atoms with Crippen LogP contribution in [-0.4, -0.2) is 15.6 Å². The Balaban J connectivity index is 1.66. The van der Waals surface area contributed by atoms with Crippen molar-refractivity contribution in [3.8, 4) is 6.07 Å². The van der Waals surface area contributed by atoms with E-state index in [0.717, 1.165) is 12.2 Å². The molecule has 0 radical (unpaired) electrons. The van der Waals surface area contributed by atoms with E-state index in [1.807, 2.05) is 16.8 Å². The SMILES string of the molecule is N#Cc1ccc(Cn2cnc(CNC3CC3)c2)c(F)c1. The van der Waals surface area contributed by atoms with E-state index in [1.54, 1.807) is 18.5 Å². The van der Waals surface area contributed by atoms with Crippen LogP contribution in [0, 0.1) is 17.1 Å². The van der Waals surface area contributed by atoms with Gasteiger partial charge in [0.2, 0.25) is 0 Å². The molecule has 4 nitrogen and oxygen atoms in total. The van der Waals surface area contributed by atoms with E-state index in [9.17, 15) is 4.39 Å². The van der Waals surface area contributed by atoms with Crippen LogP contribution in [0.4, 0.5) is 4.39 Å². The maximum atomic E-state index is 13.8. The second kappa shape index (κ2) is 5.43. The molecule has 0 spiro atoms. The fourth-order valence-electron chi connectivity index (χ4n) is 2.06. The Bertz CT molecular complexity index is 652. The van der Waals surface area contributed by atoms with Crippen LogP contribution in [0.15, 0.2) is 30.7 Å². The zero-order chi connectivity index (χ0) is 13.9. The molecule has 1 saturated carbocycles. The maximum Gasteiger partial charge on any atom is 0.129 e. The largest absolute Gasteiger partial charge is 0.333 e. The van der Waals surface area contributed by atoms with Gasteiger partial charge in [-0.1, -0.05) is 6.07 Å². The third-order valence-corrected chi connectivity index (χ3v) is 3.37. The van der Waals surface area contributed by atoms with Gasteiger partial charge >= 0.3 is 0 Å². The highest BCUT2D eigenvalue weighted by atomic mass is 19.1. The van der Waals surface area contributed by atoms with Crippen LogP contribution < -0.4 is 5.32 Å². The molecule has 0 bridgehead atoms. The molecule has 0 aliphatic heterocycles. The summed E-state index contributed by atoms with van der Waals surface area (Å²) in [5, 5.41) is 12.1. The standard InChI is InChI=1S/C15H15FN4/c16-15-5-11(6-17)1-2-12(15)8-20-9-14(19-10-20)7-18-13-3-4-13/h1-2,5,9-10,13,18H,3-4,7-8H2. The van der Waals surface area contributed by atoms with Gasteiger partial charge in [-0.2, -0.15) is 5.26 Å². The van der Waals surface area contributed by atoms with Crippen LogP contribution in [0.5, 0.6) is 0 Å². The van der Waals surface area contributed by atoms with E-state index in [0.29, 0.717) is 23.7 Å². The number of hydrogen-bond acceptors (Lipinski definition) is 3. The highest BCUT2D eigenvalue weighted by Crippen LogP contribution is 2.19. The number of hydrogen-bond donors (Lipinski definition) is 1. The highest BCUT2D eigenvalue weighted by molar-refractivity contribution is 5.33. The van der Waals surface area contributed by atoms with E-state index in [1.165, 1.54) is 18.9 Å². The van der Waals surface area contributed by atoms with Gasteiger partial charge in [0.05, 0.1) is 30.2 Å². The third kappa shape index (κ3) is 3.03. The van der Waals surface area contributed by atoms with Crippen LogP contribution in [-0.2, 0) is 13.1 Å². The zero-order valence-corrected chi connectivity index (χ0v) is 11.0. The molecule has 0 unspecified atom stereocenters. The minimum Gasteiger partial charge on any atom is -0.333 e. The summed E-state index contributed by atoms with van der Waals surface area (Å²) in [7, 11) is 0. The molecule has 0 amide bonds. The lowest BCUT2D eigenvalue weighted by molar-refractivity contribution is 0.598. The van der Waals surface area contributed by atoms with Gasteiger partial charge in [0.15, 0.2) is 0 Å². The summed E-state index contributed by atoms with van der Waals surface area (Å²) in [6.07, 6.45) is 6.13. The van der Waals surface area contributed by atoms with Crippen molar-refractivity contribution in [2.75, 3.05) is 0 Å². The van der Waals surface area contributed by atoms with Gasteiger partial charge in [-0.25, -0.2) is 9.37 Å². The quantitative estimate of drug-likeness (QED) is 0.906. The van der Waals surface area contributed by atoms with Gasteiger partial charge in [0.1, 0.15) is 5.82 Å². The van der Waals surface area contributed by atoms with E-state index in [4.69, 9.17) is 5.26 Å². The van der Waals surface area contributed by atoms with Crippen molar-refractivity contribution in [3.63, 3.8) is 0 Å². The molecule has 0 atom stereocenters. The molecule has 2 aromatic rings. The minimum absolute atomic E-state index is 0.339. The van der Waals surface area contributed by atoms with Crippen LogP contribution >= 0.6 is 0 Å². The first kappa shape index (κ1) is 12.8. The molecule has 1 fully saturated rings. The van der Waals surface area contributed by atoms with Gasteiger partial charge in [0, 0.05) is 24.3 Å². The van der Waals surface area contributed by atoms with Gasteiger partial charge in [-0.15, -0.1) is 0 Å². The van der Waals surface area contributed by atoms with E-state index < -0.39 is 0 Å². The molecule has 1 aliphatic carbocycles. The predicted molar refractivity (Wildman–Crippen MR) is 72.3 cm³/mol. The number of nitrogens with one attached hydrogen (secondary N) is 1. The van der Waals surface area contributed by atoms with Crippen molar-refractivity contribution in [3.05, 3.63) is 53.4 Å². The summed E-state index contributed by atoms with van der Waals surface area (Å²) in [5.74, 6) is -0.351. The monoisotopic (exact) mass is 270 g/mol. The predicted octanol–water partition coefficient (Wildman–Crippen LogP) is 2.19. The second-order valence-corrected chi connectivity index (χ2v) is 5.11. The Hall–Kier alpha value is -2.19. The molecule has 20 heavy (non-hydrogen) atoms. The summed E-state index contributed by atoms with van der Waals surface area (Å²) >= 11 is 0. The number of nitriles is 1. The summed E-state index contributed by atoms with van der Waals surface area (Å²) in [5.41, 5.74) is 1.86. The van der Waals surface area contributed by atoms with Crippen molar-refractivity contribution < 1.29 is 4.39 Å². The molecular formula is C15H15FN4. The fraction of sp³-hybridized carbons (Fsp3) is 0.333. The first-order valence-electron chi connectivity index (χ1n) is 6.67. The molecule has 1 N–H and O–H groups in total. The normalized spacial score (nSPS) is 14.2. The van der Waals surface area contributed by atoms with Crippen LogP contribution in [0.1, 0.15) is 29.7 Å². The van der Waals surface area contributed by atoms with Crippen molar-refractivity contribution in [2.24, 2.45) is 0 Å². The summed E-state index contributed by atoms with van der Waals surface area (Å²) < 4.78 is 15.7. The van der Waals surface area contributed by atoms with Crippen LogP contribution in [0.2, 0.25) is 0 Å². The number of halogens is 1. The number of imidazole rings is 1. The molecular weight excluding hydrogens is 255 g/mol. The van der Waals surface area contributed by atoms with E-state index in [2.05, 4.69) is 10.3 Å². The topological polar surface area (TPSA) is 53.6 Å². The lowest BCUT2D eigenvalue weighted by atomic mass is 10.1. The second-order valence-electron chi connectivity index (χ2n) is 5.11. The third-order valence-electron chi connectivity index (χ3n) is 3.37. The smallest absolute Gasteiger partial charge is 0.129 e.